The third-order valence-corrected chi connectivity index (χ3v) is 1.60. The average Bonchev–Trinajstić information content (AvgIpc) is 1.30. The van der Waals surface area contributed by atoms with Crippen LogP contribution >= 0.6 is 0 Å². The molecule has 0 spiro atoms. The third-order valence-electron chi connectivity index (χ3n) is 0.368. The molecule has 3 nitrogen and oxygen atoms in total. The molecule has 1 atom stereocenters. The van der Waals surface area contributed by atoms with Crippen LogP contribution in [-0.4, -0.2) is 21.1 Å². The minimum absolute atomic E-state index is 0. The van der Waals surface area contributed by atoms with Gasteiger partial charge >= 0.3 is 29.6 Å². The van der Waals surface area contributed by atoms with Crippen LogP contribution in [0.2, 0.25) is 0 Å². The number of hydrogen-bond donors (Lipinski definition) is 1. The fraction of sp³-hybridized carbons (Fsp3) is 1.00. The molecule has 0 aromatic heterocycles. The fourth-order valence-electron chi connectivity index (χ4n) is 0.144. The van der Waals surface area contributed by atoms with Gasteiger partial charge in [0.25, 0.3) is 0 Å². The molecule has 2 N–H and O–H groups in total. The Balaban J connectivity index is 0. The van der Waals surface area contributed by atoms with Gasteiger partial charge in [-0.25, -0.2) is 0 Å². The van der Waals surface area contributed by atoms with E-state index in [0.29, 0.717) is 0 Å². The molecule has 44 valence electrons. The molecular weight excluding hydrogens is 157 g/mol. The molecule has 0 aromatic carbocycles. The number of hydrogen-bond acceptors (Lipinski definition) is 4. The van der Waals surface area contributed by atoms with Gasteiger partial charge in [0, 0.05) is 12.3 Å². The Hall–Kier alpha value is 1.29. The van der Waals surface area contributed by atoms with Gasteiger partial charge in [-0.05, 0) is 20.0 Å². The minimum Gasteiger partial charge on any atom is -0.769 e. The summed E-state index contributed by atoms with van der Waals surface area (Å²) < 4.78 is 19.9. The zero-order chi connectivity index (χ0) is 5.91. The van der Waals surface area contributed by atoms with Crippen LogP contribution in [0.3, 0.4) is 0 Å². The zero-order valence-electron chi connectivity index (χ0n) is 4.62. The van der Waals surface area contributed by atoms with E-state index in [-0.39, 0.29) is 41.9 Å². The first kappa shape index (κ1) is 12.0. The summed E-state index contributed by atoms with van der Waals surface area (Å²) in [6, 6.07) is 0. The maximum absolute atomic E-state index is 9.97. The van der Waals surface area contributed by atoms with Gasteiger partial charge < -0.3 is 10.3 Å². The van der Waals surface area contributed by atoms with E-state index in [1.807, 2.05) is 0 Å². The van der Waals surface area contributed by atoms with E-state index in [1.54, 1.807) is 0 Å². The molecule has 0 aliphatic carbocycles. The summed E-state index contributed by atoms with van der Waals surface area (Å²) in [5.74, 6) is -0.0949. The van der Waals surface area contributed by atoms with Crippen molar-refractivity contribution in [3.63, 3.8) is 0 Å². The molecule has 0 saturated carbocycles. The summed E-state index contributed by atoms with van der Waals surface area (Å²) in [5.41, 5.74) is 4.87. The SMILES string of the molecule is NCCS(=O)([O-])=S.[Na+]. The van der Waals surface area contributed by atoms with E-state index in [1.165, 1.54) is 0 Å². The predicted octanol–water partition coefficient (Wildman–Crippen LogP) is -4.17. The van der Waals surface area contributed by atoms with E-state index in [0.717, 1.165) is 0 Å². The monoisotopic (exact) mass is 163 g/mol. The topological polar surface area (TPSA) is 66.2 Å². The third kappa shape index (κ3) is 10.3. The second-order valence-corrected chi connectivity index (χ2v) is 4.10. The van der Waals surface area contributed by atoms with Crippen LogP contribution < -0.4 is 35.3 Å². The Labute approximate surface area is 75.8 Å². The smallest absolute Gasteiger partial charge is 0.769 e. The van der Waals surface area contributed by atoms with Crippen LogP contribution in [0, 0.1) is 0 Å². The minimum atomic E-state index is -3.22. The maximum Gasteiger partial charge on any atom is 1.00 e. The Kier molecular flexibility index (Phi) is 7.67. The molecule has 8 heavy (non-hydrogen) atoms. The summed E-state index contributed by atoms with van der Waals surface area (Å²) in [7, 11) is -3.22. The molecule has 1 unspecified atom stereocenters. The van der Waals surface area contributed by atoms with Gasteiger partial charge in [-0.15, -0.1) is 0 Å². The van der Waals surface area contributed by atoms with Crippen molar-refractivity contribution < 1.29 is 38.3 Å². The molecule has 0 aliphatic heterocycles. The van der Waals surface area contributed by atoms with Crippen LogP contribution in [0.5, 0.6) is 0 Å². The number of rotatable bonds is 2. The molecule has 0 rings (SSSR count). The van der Waals surface area contributed by atoms with Crippen molar-refractivity contribution in [1.29, 1.82) is 0 Å². The van der Waals surface area contributed by atoms with E-state index >= 15 is 0 Å². The quantitative estimate of drug-likeness (QED) is 0.419. The Bertz CT molecular complexity index is 131. The normalized spacial score (nSPS) is 16.2. The van der Waals surface area contributed by atoms with Crippen molar-refractivity contribution in [2.75, 3.05) is 12.3 Å². The Morgan fingerprint density at radius 1 is 1.75 bits per heavy atom. The van der Waals surface area contributed by atoms with Crippen molar-refractivity contribution in [3.05, 3.63) is 0 Å². The van der Waals surface area contributed by atoms with Gasteiger partial charge in [-0.1, -0.05) is 0 Å². The van der Waals surface area contributed by atoms with Crippen molar-refractivity contribution in [2.24, 2.45) is 5.73 Å². The van der Waals surface area contributed by atoms with Crippen molar-refractivity contribution >= 4 is 20.0 Å². The average molecular weight is 163 g/mol. The Morgan fingerprint density at radius 2 is 2.12 bits per heavy atom. The van der Waals surface area contributed by atoms with Gasteiger partial charge in [0.1, 0.15) is 0 Å². The maximum atomic E-state index is 9.97. The molecule has 0 aliphatic rings. The molecular formula is C2H6NNaO2S2. The summed E-state index contributed by atoms with van der Waals surface area (Å²) in [4.78, 5) is 0. The standard InChI is InChI=1S/C2H7NO2S2.Na/c3-1-2-7(4,5)6;/h1-3H2,(H,4,5,6);/q;+1/p-1. The van der Waals surface area contributed by atoms with Crippen molar-refractivity contribution in [1.82, 2.24) is 0 Å². The van der Waals surface area contributed by atoms with E-state index in [9.17, 15) is 8.76 Å². The number of nitrogens with two attached hydrogens (primary N) is 1. The molecule has 0 fully saturated rings. The fourth-order valence-corrected chi connectivity index (χ4v) is 0.722. The summed E-state index contributed by atoms with van der Waals surface area (Å²) in [6.45, 7) is 0.117. The first-order chi connectivity index (χ1) is 3.06. The van der Waals surface area contributed by atoms with Gasteiger partial charge in [-0.3, -0.25) is 4.21 Å². The summed E-state index contributed by atoms with van der Waals surface area (Å²) >= 11 is 3.98. The van der Waals surface area contributed by atoms with Crippen LogP contribution in [-0.2, 0) is 20.0 Å². The largest absolute Gasteiger partial charge is 1.00 e. The molecule has 0 saturated heterocycles. The van der Waals surface area contributed by atoms with Gasteiger partial charge in [0.15, 0.2) is 0 Å². The second kappa shape index (κ2) is 5.10. The van der Waals surface area contributed by atoms with Gasteiger partial charge in [0.05, 0.1) is 0 Å². The zero-order valence-corrected chi connectivity index (χ0v) is 8.26. The summed E-state index contributed by atoms with van der Waals surface area (Å²) in [5, 5.41) is 0. The molecule has 0 amide bonds. The second-order valence-electron chi connectivity index (χ2n) is 1.05. The summed E-state index contributed by atoms with van der Waals surface area (Å²) in [6.07, 6.45) is 0. The van der Waals surface area contributed by atoms with Gasteiger partial charge in [-0.2, -0.15) is 0 Å². The van der Waals surface area contributed by atoms with Crippen LogP contribution in [0.15, 0.2) is 0 Å². The molecule has 0 aromatic rings. The van der Waals surface area contributed by atoms with Crippen LogP contribution in [0.4, 0.5) is 0 Å². The predicted molar refractivity (Wildman–Crippen MR) is 30.2 cm³/mol. The van der Waals surface area contributed by atoms with Crippen LogP contribution in [0.25, 0.3) is 0 Å². The molecule has 6 heteroatoms. The van der Waals surface area contributed by atoms with E-state index in [2.05, 4.69) is 11.2 Å². The Morgan fingerprint density at radius 3 is 2.12 bits per heavy atom. The first-order valence-corrected chi connectivity index (χ1v) is 4.27. The van der Waals surface area contributed by atoms with Gasteiger partial charge in [0.2, 0.25) is 0 Å². The van der Waals surface area contributed by atoms with Crippen molar-refractivity contribution in [2.45, 2.75) is 0 Å². The van der Waals surface area contributed by atoms with E-state index in [4.69, 9.17) is 5.73 Å². The molecule has 0 radical (unpaired) electrons. The van der Waals surface area contributed by atoms with E-state index < -0.39 is 8.77 Å². The van der Waals surface area contributed by atoms with Crippen LogP contribution in [0.1, 0.15) is 0 Å². The molecule has 0 heterocycles. The van der Waals surface area contributed by atoms with Crippen molar-refractivity contribution in [3.8, 4) is 0 Å². The first-order valence-electron chi connectivity index (χ1n) is 1.70. The molecule has 0 bridgehead atoms.